The van der Waals surface area contributed by atoms with Crippen LogP contribution in [0.15, 0.2) is 42.5 Å². The van der Waals surface area contributed by atoms with E-state index in [0.717, 1.165) is 47.2 Å². The highest BCUT2D eigenvalue weighted by Crippen LogP contribution is 2.21. The van der Waals surface area contributed by atoms with Gasteiger partial charge in [0.1, 0.15) is 0 Å². The Bertz CT molecular complexity index is 779. The number of nitrogens with zero attached hydrogens (tertiary/aromatic N) is 1. The van der Waals surface area contributed by atoms with Crippen molar-refractivity contribution in [3.63, 3.8) is 0 Å². The number of anilines is 1. The molecule has 0 aliphatic carbocycles. The number of thioether (sulfide) groups is 2. The zero-order chi connectivity index (χ0) is 19.1. The number of hydrogen-bond donors (Lipinski definition) is 1. The second kappa shape index (κ2) is 10.4. The number of carbonyl (C=O) groups is 1. The molecule has 0 atom stereocenters. The predicted molar refractivity (Wildman–Crippen MR) is 120 cm³/mol. The normalized spacial score (nSPS) is 14.9. The highest BCUT2D eigenvalue weighted by atomic mass is 35.5. The molecule has 1 aliphatic rings. The first-order valence-electron chi connectivity index (χ1n) is 9.12. The molecule has 144 valence electrons. The fraction of sp³-hybridized carbons (Fsp3) is 0.381. The monoisotopic (exact) mass is 420 g/mol. The summed E-state index contributed by atoms with van der Waals surface area (Å²) in [6.45, 7) is 5.27. The maximum absolute atomic E-state index is 12.4. The summed E-state index contributed by atoms with van der Waals surface area (Å²) in [6.07, 6.45) is 0. The molecule has 0 spiro atoms. The third kappa shape index (κ3) is 6.75. The summed E-state index contributed by atoms with van der Waals surface area (Å²) in [5, 5.41) is 3.81. The van der Waals surface area contributed by atoms with Crippen molar-refractivity contribution in [1.82, 2.24) is 4.90 Å². The van der Waals surface area contributed by atoms with Gasteiger partial charge in [-0.15, -0.1) is 11.8 Å². The Balaban J connectivity index is 1.51. The van der Waals surface area contributed by atoms with Crippen LogP contribution in [0, 0.1) is 6.92 Å². The van der Waals surface area contributed by atoms with Crippen molar-refractivity contribution in [3.8, 4) is 0 Å². The molecule has 0 unspecified atom stereocenters. The third-order valence-corrected chi connectivity index (χ3v) is 6.66. The van der Waals surface area contributed by atoms with Crippen LogP contribution in [-0.4, -0.2) is 41.2 Å². The summed E-state index contributed by atoms with van der Waals surface area (Å²) in [5.41, 5.74) is 4.42. The highest BCUT2D eigenvalue weighted by molar-refractivity contribution is 7.99. The van der Waals surface area contributed by atoms with Gasteiger partial charge in [-0.05, 0) is 41.8 Å². The van der Waals surface area contributed by atoms with Crippen LogP contribution in [0.3, 0.4) is 0 Å². The average Bonchev–Trinajstić information content (AvgIpc) is 2.65. The van der Waals surface area contributed by atoms with E-state index >= 15 is 0 Å². The minimum atomic E-state index is 0.0386. The lowest BCUT2D eigenvalue weighted by Crippen LogP contribution is -2.32. The molecule has 6 heteroatoms. The number of hydrogen-bond acceptors (Lipinski definition) is 4. The maximum Gasteiger partial charge on any atom is 0.234 e. The van der Waals surface area contributed by atoms with Crippen LogP contribution in [0.25, 0.3) is 0 Å². The zero-order valence-electron chi connectivity index (χ0n) is 15.5. The largest absolute Gasteiger partial charge is 0.325 e. The first-order chi connectivity index (χ1) is 13.1. The Morgan fingerprint density at radius 3 is 2.78 bits per heavy atom. The van der Waals surface area contributed by atoms with Gasteiger partial charge in [0, 0.05) is 47.6 Å². The summed E-state index contributed by atoms with van der Waals surface area (Å²) in [6, 6.07) is 14.2. The Hall–Kier alpha value is -1.14. The maximum atomic E-state index is 12.4. The molecule has 27 heavy (non-hydrogen) atoms. The summed E-state index contributed by atoms with van der Waals surface area (Å²) in [5.74, 6) is 3.66. The van der Waals surface area contributed by atoms with Crippen molar-refractivity contribution >= 4 is 46.7 Å². The molecule has 1 fully saturated rings. The molecular weight excluding hydrogens is 396 g/mol. The van der Waals surface area contributed by atoms with Gasteiger partial charge < -0.3 is 5.32 Å². The first kappa shape index (κ1) is 20.6. The van der Waals surface area contributed by atoms with Gasteiger partial charge in [-0.2, -0.15) is 11.8 Å². The number of rotatable bonds is 7. The molecule has 1 amide bonds. The molecule has 3 nitrogen and oxygen atoms in total. The van der Waals surface area contributed by atoms with E-state index < -0.39 is 0 Å². The van der Waals surface area contributed by atoms with Crippen molar-refractivity contribution in [1.29, 1.82) is 0 Å². The Morgan fingerprint density at radius 1 is 1.19 bits per heavy atom. The SMILES string of the molecule is Cc1ccc(CN2CCSCC2)cc1NC(=O)CSCc1cccc(Cl)c1. The summed E-state index contributed by atoms with van der Waals surface area (Å²) in [4.78, 5) is 14.8. The predicted octanol–water partition coefficient (Wildman–Crippen LogP) is 5.07. The van der Waals surface area contributed by atoms with E-state index in [9.17, 15) is 4.79 Å². The molecule has 0 saturated carbocycles. The summed E-state index contributed by atoms with van der Waals surface area (Å²) in [7, 11) is 0. The molecular formula is C21H25ClN2OS2. The van der Waals surface area contributed by atoms with E-state index in [4.69, 9.17) is 11.6 Å². The second-order valence-corrected chi connectivity index (χ2v) is 9.36. The van der Waals surface area contributed by atoms with Crippen molar-refractivity contribution in [2.75, 3.05) is 35.7 Å². The number of aryl methyl sites for hydroxylation is 1. The third-order valence-electron chi connectivity index (χ3n) is 4.48. The Kier molecular flexibility index (Phi) is 7.94. The van der Waals surface area contributed by atoms with Crippen LogP contribution in [0.2, 0.25) is 5.02 Å². The Labute approximate surface area is 175 Å². The number of benzene rings is 2. The van der Waals surface area contributed by atoms with E-state index in [2.05, 4.69) is 28.4 Å². The van der Waals surface area contributed by atoms with E-state index in [1.54, 1.807) is 11.8 Å². The van der Waals surface area contributed by atoms with E-state index in [1.165, 1.54) is 17.1 Å². The highest BCUT2D eigenvalue weighted by Gasteiger charge is 2.12. The smallest absolute Gasteiger partial charge is 0.234 e. The molecule has 2 aromatic rings. The van der Waals surface area contributed by atoms with Crippen molar-refractivity contribution in [2.45, 2.75) is 19.2 Å². The second-order valence-electron chi connectivity index (χ2n) is 6.71. The number of nitrogens with one attached hydrogen (secondary N) is 1. The van der Waals surface area contributed by atoms with Gasteiger partial charge in [0.2, 0.25) is 5.91 Å². The molecule has 0 bridgehead atoms. The summed E-state index contributed by atoms with van der Waals surface area (Å²) >= 11 is 9.62. The quantitative estimate of drug-likeness (QED) is 0.677. The van der Waals surface area contributed by atoms with Crippen LogP contribution >= 0.6 is 35.1 Å². The summed E-state index contributed by atoms with van der Waals surface area (Å²) < 4.78 is 0. The number of carbonyl (C=O) groups excluding carboxylic acids is 1. The van der Waals surface area contributed by atoms with Crippen LogP contribution in [0.1, 0.15) is 16.7 Å². The fourth-order valence-corrected chi connectivity index (χ4v) is 4.96. The standard InChI is InChI=1S/C21H25ClN2OS2/c1-16-5-6-17(13-24-7-9-26-10-8-24)12-20(16)23-21(25)15-27-14-18-3-2-4-19(22)11-18/h2-6,11-12H,7-10,13-15H2,1H3,(H,23,25). The zero-order valence-corrected chi connectivity index (χ0v) is 17.9. The topological polar surface area (TPSA) is 32.3 Å². The van der Waals surface area contributed by atoms with Gasteiger partial charge in [0.05, 0.1) is 5.75 Å². The van der Waals surface area contributed by atoms with Crippen molar-refractivity contribution in [3.05, 3.63) is 64.2 Å². The van der Waals surface area contributed by atoms with E-state index in [0.29, 0.717) is 5.75 Å². The molecule has 1 heterocycles. The van der Waals surface area contributed by atoms with Gasteiger partial charge in [-0.3, -0.25) is 9.69 Å². The lowest BCUT2D eigenvalue weighted by molar-refractivity contribution is -0.113. The molecule has 0 aromatic heterocycles. The number of halogens is 1. The van der Waals surface area contributed by atoms with Crippen molar-refractivity contribution < 1.29 is 4.79 Å². The molecule has 3 rings (SSSR count). The minimum Gasteiger partial charge on any atom is -0.325 e. The number of amides is 1. The van der Waals surface area contributed by atoms with Crippen LogP contribution in [0.4, 0.5) is 5.69 Å². The lowest BCUT2D eigenvalue weighted by Gasteiger charge is -2.26. The van der Waals surface area contributed by atoms with Crippen LogP contribution in [0.5, 0.6) is 0 Å². The fourth-order valence-electron chi connectivity index (χ4n) is 2.99. The lowest BCUT2D eigenvalue weighted by atomic mass is 10.1. The molecule has 1 saturated heterocycles. The van der Waals surface area contributed by atoms with Gasteiger partial charge in [0.15, 0.2) is 0 Å². The van der Waals surface area contributed by atoms with Gasteiger partial charge in [-0.25, -0.2) is 0 Å². The first-order valence-corrected chi connectivity index (χ1v) is 11.8. The average molecular weight is 421 g/mol. The van der Waals surface area contributed by atoms with Gasteiger partial charge in [-0.1, -0.05) is 35.9 Å². The van der Waals surface area contributed by atoms with Gasteiger partial charge in [0.25, 0.3) is 0 Å². The van der Waals surface area contributed by atoms with Crippen molar-refractivity contribution in [2.24, 2.45) is 0 Å². The molecule has 2 aromatic carbocycles. The Morgan fingerprint density at radius 2 is 2.00 bits per heavy atom. The minimum absolute atomic E-state index is 0.0386. The molecule has 0 radical (unpaired) electrons. The van der Waals surface area contributed by atoms with Crippen LogP contribution < -0.4 is 5.32 Å². The van der Waals surface area contributed by atoms with E-state index in [1.807, 2.05) is 43.0 Å². The molecule has 1 N–H and O–H groups in total. The molecule has 1 aliphatic heterocycles. The van der Waals surface area contributed by atoms with Gasteiger partial charge >= 0.3 is 0 Å². The van der Waals surface area contributed by atoms with Crippen LogP contribution in [-0.2, 0) is 17.1 Å². The van der Waals surface area contributed by atoms with E-state index in [-0.39, 0.29) is 5.91 Å².